The summed E-state index contributed by atoms with van der Waals surface area (Å²) in [7, 11) is -3.16. The van der Waals surface area contributed by atoms with Gasteiger partial charge in [0.25, 0.3) is 0 Å². The Morgan fingerprint density at radius 3 is 2.13 bits per heavy atom. The van der Waals surface area contributed by atoms with Gasteiger partial charge in [0.15, 0.2) is 9.84 Å². The zero-order chi connectivity index (χ0) is 16.4. The van der Waals surface area contributed by atoms with Crippen molar-refractivity contribution in [3.05, 3.63) is 59.5 Å². The number of hydrogen-bond acceptors (Lipinski definition) is 4. The molecule has 0 aliphatic rings. The Bertz CT molecular complexity index is 908. The first-order chi connectivity index (χ1) is 11.0. The molecule has 2 aromatic carbocycles. The fraction of sp³-hybridized carbons (Fsp3) is 0.167. The second-order valence-corrected chi connectivity index (χ2v) is 8.26. The third-order valence-corrected chi connectivity index (χ3v) is 5.71. The smallest absolute Gasteiger partial charge is 0.175 e. The lowest BCUT2D eigenvalue weighted by molar-refractivity contribution is 0.602. The number of nitrogens with zero attached hydrogens (tertiary/aromatic N) is 1. The summed E-state index contributed by atoms with van der Waals surface area (Å²) in [5.74, 6) is 0. The van der Waals surface area contributed by atoms with Gasteiger partial charge >= 0.3 is 0 Å². The van der Waals surface area contributed by atoms with Crippen molar-refractivity contribution in [2.45, 2.75) is 18.2 Å². The average Bonchev–Trinajstić information content (AvgIpc) is 3.04. The van der Waals surface area contributed by atoms with Crippen LogP contribution in [0.1, 0.15) is 12.5 Å². The maximum Gasteiger partial charge on any atom is 0.175 e. The molecule has 3 rings (SSSR count). The molecule has 0 fully saturated rings. The van der Waals surface area contributed by atoms with Crippen molar-refractivity contribution < 1.29 is 8.42 Å². The summed E-state index contributed by atoms with van der Waals surface area (Å²) in [5, 5.41) is 2.92. The molecule has 0 saturated carbocycles. The van der Waals surface area contributed by atoms with Crippen LogP contribution in [0.15, 0.2) is 58.8 Å². The topological polar surface area (TPSA) is 47.0 Å². The SMILES string of the molecule is CCc1ccc(-c2csc(-c3ccc(S(C)(=O)=O)cc3)n2)cc1. The molecule has 0 spiro atoms. The number of hydrogen-bond donors (Lipinski definition) is 0. The minimum atomic E-state index is -3.16. The molecule has 3 nitrogen and oxygen atoms in total. The highest BCUT2D eigenvalue weighted by Crippen LogP contribution is 2.29. The highest BCUT2D eigenvalue weighted by molar-refractivity contribution is 7.90. The molecular formula is C18H17NO2S2. The lowest BCUT2D eigenvalue weighted by Crippen LogP contribution is -1.96. The zero-order valence-corrected chi connectivity index (χ0v) is 14.6. The highest BCUT2D eigenvalue weighted by atomic mass is 32.2. The van der Waals surface area contributed by atoms with E-state index in [1.165, 1.54) is 11.8 Å². The molecule has 0 bridgehead atoms. The molecular weight excluding hydrogens is 326 g/mol. The molecule has 3 aromatic rings. The minimum Gasteiger partial charge on any atom is -0.236 e. The fourth-order valence-electron chi connectivity index (χ4n) is 2.29. The Kier molecular flexibility index (Phi) is 4.33. The number of rotatable bonds is 4. The molecule has 0 unspecified atom stereocenters. The number of aryl methyl sites for hydroxylation is 1. The van der Waals surface area contributed by atoms with Crippen LogP contribution in [0.4, 0.5) is 0 Å². The van der Waals surface area contributed by atoms with Crippen molar-refractivity contribution in [2.24, 2.45) is 0 Å². The second-order valence-electron chi connectivity index (χ2n) is 5.38. The molecule has 23 heavy (non-hydrogen) atoms. The van der Waals surface area contributed by atoms with Gasteiger partial charge in [-0.25, -0.2) is 13.4 Å². The van der Waals surface area contributed by atoms with E-state index >= 15 is 0 Å². The van der Waals surface area contributed by atoms with Gasteiger partial charge in [0.05, 0.1) is 10.6 Å². The molecule has 1 aromatic heterocycles. The van der Waals surface area contributed by atoms with E-state index < -0.39 is 9.84 Å². The lowest BCUT2D eigenvalue weighted by Gasteiger charge is -2.01. The molecule has 0 saturated heterocycles. The van der Waals surface area contributed by atoms with E-state index in [9.17, 15) is 8.42 Å². The van der Waals surface area contributed by atoms with E-state index in [0.29, 0.717) is 4.90 Å². The Balaban J connectivity index is 1.89. The minimum absolute atomic E-state index is 0.327. The highest BCUT2D eigenvalue weighted by Gasteiger charge is 2.10. The van der Waals surface area contributed by atoms with Crippen molar-refractivity contribution in [3.63, 3.8) is 0 Å². The van der Waals surface area contributed by atoms with Crippen molar-refractivity contribution >= 4 is 21.2 Å². The third-order valence-electron chi connectivity index (χ3n) is 3.69. The van der Waals surface area contributed by atoms with Crippen LogP contribution >= 0.6 is 11.3 Å². The van der Waals surface area contributed by atoms with Crippen LogP contribution in [0.2, 0.25) is 0 Å². The van der Waals surface area contributed by atoms with E-state index in [1.807, 2.05) is 5.38 Å². The van der Waals surface area contributed by atoms with Gasteiger partial charge in [-0.15, -0.1) is 11.3 Å². The summed E-state index contributed by atoms with van der Waals surface area (Å²) >= 11 is 1.56. The summed E-state index contributed by atoms with van der Waals surface area (Å²) in [6.07, 6.45) is 2.23. The van der Waals surface area contributed by atoms with Crippen molar-refractivity contribution in [2.75, 3.05) is 6.26 Å². The van der Waals surface area contributed by atoms with Gasteiger partial charge in [0.2, 0.25) is 0 Å². The van der Waals surface area contributed by atoms with Gasteiger partial charge in [-0.1, -0.05) is 43.3 Å². The molecule has 0 aliphatic carbocycles. The van der Waals surface area contributed by atoms with Gasteiger partial charge in [-0.2, -0.15) is 0 Å². The maximum atomic E-state index is 11.5. The average molecular weight is 343 g/mol. The Labute approximate surface area is 140 Å². The Morgan fingerprint density at radius 2 is 1.57 bits per heavy atom. The summed E-state index contributed by atoms with van der Waals surface area (Å²) in [5.41, 5.74) is 4.27. The second kappa shape index (κ2) is 6.26. The van der Waals surface area contributed by atoms with Gasteiger partial charge in [-0.05, 0) is 24.1 Å². The fourth-order valence-corrected chi connectivity index (χ4v) is 3.76. The Hall–Kier alpha value is -1.98. The van der Waals surface area contributed by atoms with Crippen LogP contribution in [0.25, 0.3) is 21.8 Å². The summed E-state index contributed by atoms with van der Waals surface area (Å²) in [4.78, 5) is 4.99. The normalized spacial score (nSPS) is 11.6. The van der Waals surface area contributed by atoms with Crippen LogP contribution in [0.3, 0.4) is 0 Å². The van der Waals surface area contributed by atoms with Crippen LogP contribution < -0.4 is 0 Å². The number of sulfone groups is 1. The summed E-state index contributed by atoms with van der Waals surface area (Å²) in [6.45, 7) is 2.14. The molecule has 5 heteroatoms. The van der Waals surface area contributed by atoms with Crippen molar-refractivity contribution in [3.8, 4) is 21.8 Å². The van der Waals surface area contributed by atoms with E-state index in [-0.39, 0.29) is 0 Å². The largest absolute Gasteiger partial charge is 0.236 e. The molecule has 0 N–H and O–H groups in total. The first-order valence-corrected chi connectivity index (χ1v) is 10.1. The van der Waals surface area contributed by atoms with E-state index in [0.717, 1.165) is 28.2 Å². The predicted octanol–water partition coefficient (Wildman–Crippen LogP) is 4.44. The summed E-state index contributed by atoms with van der Waals surface area (Å²) < 4.78 is 23.0. The lowest BCUT2D eigenvalue weighted by atomic mass is 10.1. The zero-order valence-electron chi connectivity index (χ0n) is 13.0. The van der Waals surface area contributed by atoms with Gasteiger partial charge < -0.3 is 0 Å². The maximum absolute atomic E-state index is 11.5. The van der Waals surface area contributed by atoms with Crippen LogP contribution in [-0.2, 0) is 16.3 Å². The standard InChI is InChI=1S/C18H17NO2S2/c1-3-13-4-6-14(7-5-13)17-12-22-18(19-17)15-8-10-16(11-9-15)23(2,20)21/h4-12H,3H2,1-2H3. The molecule has 0 aliphatic heterocycles. The number of benzene rings is 2. The van der Waals surface area contributed by atoms with Gasteiger partial charge in [-0.3, -0.25) is 0 Å². The van der Waals surface area contributed by atoms with Crippen molar-refractivity contribution in [1.29, 1.82) is 0 Å². The quantitative estimate of drug-likeness (QED) is 0.703. The van der Waals surface area contributed by atoms with Crippen molar-refractivity contribution in [1.82, 2.24) is 4.98 Å². The third kappa shape index (κ3) is 3.51. The number of aromatic nitrogens is 1. The Morgan fingerprint density at radius 1 is 0.957 bits per heavy atom. The molecule has 0 radical (unpaired) electrons. The van der Waals surface area contributed by atoms with Crippen LogP contribution in [0.5, 0.6) is 0 Å². The van der Waals surface area contributed by atoms with Crippen LogP contribution in [0, 0.1) is 0 Å². The van der Waals surface area contributed by atoms with E-state index in [4.69, 9.17) is 0 Å². The molecule has 1 heterocycles. The summed E-state index contributed by atoms with van der Waals surface area (Å²) in [6, 6.07) is 15.3. The number of thiazole rings is 1. The van der Waals surface area contributed by atoms with Gasteiger partial charge in [0.1, 0.15) is 5.01 Å². The van der Waals surface area contributed by atoms with Crippen LogP contribution in [-0.4, -0.2) is 19.7 Å². The van der Waals surface area contributed by atoms with E-state index in [2.05, 4.69) is 36.2 Å². The monoisotopic (exact) mass is 343 g/mol. The first-order valence-electron chi connectivity index (χ1n) is 7.32. The molecule has 118 valence electrons. The molecule has 0 amide bonds. The van der Waals surface area contributed by atoms with E-state index in [1.54, 1.807) is 35.6 Å². The predicted molar refractivity (Wildman–Crippen MR) is 95.5 cm³/mol. The molecule has 0 atom stereocenters. The first kappa shape index (κ1) is 15.9. The van der Waals surface area contributed by atoms with Gasteiger partial charge in [0, 0.05) is 22.8 Å².